The van der Waals surface area contributed by atoms with Crippen LogP contribution < -0.4 is 16.0 Å². The van der Waals surface area contributed by atoms with Crippen molar-refractivity contribution in [3.63, 3.8) is 0 Å². The minimum Gasteiger partial charge on any atom is -0.357 e. The summed E-state index contributed by atoms with van der Waals surface area (Å²) in [5, 5.41) is 11.4. The molecule has 1 aromatic rings. The van der Waals surface area contributed by atoms with Crippen LogP contribution in [0.1, 0.15) is 32.6 Å². The first-order valence-electron chi connectivity index (χ1n) is 7.26. The second-order valence-electron chi connectivity index (χ2n) is 5.71. The van der Waals surface area contributed by atoms with E-state index in [1.54, 1.807) is 11.3 Å². The van der Waals surface area contributed by atoms with Gasteiger partial charge in [0.1, 0.15) is 0 Å². The van der Waals surface area contributed by atoms with Gasteiger partial charge in [-0.2, -0.15) is 0 Å². The molecule has 0 spiro atoms. The molecule has 0 unspecified atom stereocenters. The number of nitrogens with zero attached hydrogens (tertiary/aromatic N) is 1. The highest BCUT2D eigenvalue weighted by molar-refractivity contribution is 14.0. The molecule has 0 radical (unpaired) electrons. The molecule has 0 saturated heterocycles. The second-order valence-corrected chi connectivity index (χ2v) is 6.74. The van der Waals surface area contributed by atoms with Crippen LogP contribution in [0.2, 0.25) is 0 Å². The van der Waals surface area contributed by atoms with E-state index >= 15 is 0 Å². The van der Waals surface area contributed by atoms with Crippen LogP contribution in [0.25, 0.3) is 0 Å². The minimum absolute atomic E-state index is 0. The maximum Gasteiger partial charge on any atom is 0.225 e. The molecule has 0 saturated carbocycles. The molecule has 0 aliphatic rings. The highest BCUT2D eigenvalue weighted by atomic mass is 127. The number of aliphatic imine (C=N–C) groups is 1. The molecule has 0 aliphatic carbocycles. The van der Waals surface area contributed by atoms with Gasteiger partial charge < -0.3 is 16.0 Å². The number of rotatable bonds is 6. The van der Waals surface area contributed by atoms with Crippen molar-refractivity contribution in [3.8, 4) is 0 Å². The molecule has 1 amide bonds. The van der Waals surface area contributed by atoms with Gasteiger partial charge in [0.05, 0.1) is 6.54 Å². The minimum atomic E-state index is -0.349. The van der Waals surface area contributed by atoms with Crippen molar-refractivity contribution in [2.45, 2.75) is 34.2 Å². The maximum atomic E-state index is 11.7. The Morgan fingerprint density at radius 2 is 1.91 bits per heavy atom. The van der Waals surface area contributed by atoms with Gasteiger partial charge in [0, 0.05) is 29.9 Å². The number of halogens is 1. The van der Waals surface area contributed by atoms with Crippen LogP contribution in [-0.4, -0.2) is 31.5 Å². The molecule has 1 aromatic heterocycles. The second kappa shape index (κ2) is 10.8. The lowest BCUT2D eigenvalue weighted by molar-refractivity contribution is -0.128. The zero-order valence-electron chi connectivity index (χ0n) is 13.7. The van der Waals surface area contributed by atoms with Crippen molar-refractivity contribution in [2.75, 3.05) is 19.6 Å². The molecule has 7 heteroatoms. The standard InChI is InChI=1S/C15H26N4OS.HI/c1-5-16-14(19-11-12-7-6-10-21-12)18-9-8-17-13(20)15(2,3)4;/h6-7,10H,5,8-9,11H2,1-4H3,(H,17,20)(H2,16,18,19);1H. The molecule has 0 atom stereocenters. The van der Waals surface area contributed by atoms with Crippen LogP contribution in [0.3, 0.4) is 0 Å². The van der Waals surface area contributed by atoms with Crippen molar-refractivity contribution in [2.24, 2.45) is 10.4 Å². The average Bonchev–Trinajstić information content (AvgIpc) is 2.92. The SMILES string of the molecule is CCNC(=NCc1cccs1)NCCNC(=O)C(C)(C)C.I. The van der Waals surface area contributed by atoms with E-state index in [0.717, 1.165) is 12.5 Å². The third-order valence-electron chi connectivity index (χ3n) is 2.70. The Kier molecular flexibility index (Phi) is 10.4. The molecule has 3 N–H and O–H groups in total. The summed E-state index contributed by atoms with van der Waals surface area (Å²) in [7, 11) is 0. The Labute approximate surface area is 154 Å². The molecule has 5 nitrogen and oxygen atoms in total. The van der Waals surface area contributed by atoms with E-state index < -0.39 is 0 Å². The zero-order valence-corrected chi connectivity index (χ0v) is 16.9. The Hall–Kier alpha value is -0.830. The molecule has 1 heterocycles. The molecule has 22 heavy (non-hydrogen) atoms. The molecular formula is C15H27IN4OS. The van der Waals surface area contributed by atoms with Gasteiger partial charge in [-0.3, -0.25) is 4.79 Å². The number of guanidine groups is 1. The first-order chi connectivity index (χ1) is 9.93. The predicted octanol–water partition coefficient (Wildman–Crippen LogP) is 2.58. The number of thiophene rings is 1. The summed E-state index contributed by atoms with van der Waals surface area (Å²) in [5.74, 6) is 0.834. The first-order valence-corrected chi connectivity index (χ1v) is 8.14. The van der Waals surface area contributed by atoms with E-state index in [1.165, 1.54) is 4.88 Å². The zero-order chi connectivity index (χ0) is 15.7. The summed E-state index contributed by atoms with van der Waals surface area (Å²) in [6.07, 6.45) is 0. The van der Waals surface area contributed by atoms with Crippen LogP contribution in [0.15, 0.2) is 22.5 Å². The molecule has 126 valence electrons. The number of nitrogens with one attached hydrogen (secondary N) is 3. The highest BCUT2D eigenvalue weighted by Crippen LogP contribution is 2.11. The van der Waals surface area contributed by atoms with Gasteiger partial charge in [-0.05, 0) is 18.4 Å². The molecule has 1 rings (SSSR count). The number of amides is 1. The Morgan fingerprint density at radius 3 is 2.45 bits per heavy atom. The number of carbonyl (C=O) groups excluding carboxylic acids is 1. The third kappa shape index (κ3) is 8.57. The van der Waals surface area contributed by atoms with Crippen LogP contribution in [0.4, 0.5) is 0 Å². The van der Waals surface area contributed by atoms with Crippen molar-refractivity contribution in [3.05, 3.63) is 22.4 Å². The fraction of sp³-hybridized carbons (Fsp3) is 0.600. The van der Waals surface area contributed by atoms with E-state index in [4.69, 9.17) is 0 Å². The Bertz CT molecular complexity index is 455. The Morgan fingerprint density at radius 1 is 1.23 bits per heavy atom. The smallest absolute Gasteiger partial charge is 0.225 e. The lowest BCUT2D eigenvalue weighted by atomic mass is 9.96. The fourth-order valence-electron chi connectivity index (χ4n) is 1.52. The van der Waals surface area contributed by atoms with Crippen LogP contribution in [0.5, 0.6) is 0 Å². The normalized spacial score (nSPS) is 11.5. The summed E-state index contributed by atoms with van der Waals surface area (Å²) >= 11 is 1.70. The van der Waals surface area contributed by atoms with E-state index in [2.05, 4.69) is 27.0 Å². The summed E-state index contributed by atoms with van der Waals surface area (Å²) in [4.78, 5) is 17.5. The van der Waals surface area contributed by atoms with Gasteiger partial charge in [-0.25, -0.2) is 4.99 Å². The molecule has 0 bridgehead atoms. The van der Waals surface area contributed by atoms with Gasteiger partial charge in [-0.15, -0.1) is 35.3 Å². The fourth-order valence-corrected chi connectivity index (χ4v) is 2.15. The quantitative estimate of drug-likeness (QED) is 0.277. The number of hydrogen-bond acceptors (Lipinski definition) is 3. The highest BCUT2D eigenvalue weighted by Gasteiger charge is 2.20. The van der Waals surface area contributed by atoms with Gasteiger partial charge >= 0.3 is 0 Å². The van der Waals surface area contributed by atoms with E-state index in [9.17, 15) is 4.79 Å². The summed E-state index contributed by atoms with van der Waals surface area (Å²) in [5.41, 5.74) is -0.349. The van der Waals surface area contributed by atoms with Crippen LogP contribution in [-0.2, 0) is 11.3 Å². The number of carbonyl (C=O) groups is 1. The number of hydrogen-bond donors (Lipinski definition) is 3. The van der Waals surface area contributed by atoms with Gasteiger partial charge in [0.15, 0.2) is 5.96 Å². The first kappa shape index (κ1) is 21.2. The van der Waals surface area contributed by atoms with Gasteiger partial charge in [0.25, 0.3) is 0 Å². The van der Waals surface area contributed by atoms with Crippen LogP contribution >= 0.6 is 35.3 Å². The maximum absolute atomic E-state index is 11.7. The lowest BCUT2D eigenvalue weighted by Crippen LogP contribution is -2.43. The molecule has 0 fully saturated rings. The van der Waals surface area contributed by atoms with E-state index in [0.29, 0.717) is 19.6 Å². The van der Waals surface area contributed by atoms with Crippen molar-refractivity contribution >= 4 is 47.2 Å². The largest absolute Gasteiger partial charge is 0.357 e. The Balaban J connectivity index is 0.00000441. The summed E-state index contributed by atoms with van der Waals surface area (Å²) in [6, 6.07) is 4.10. The topological polar surface area (TPSA) is 65.5 Å². The van der Waals surface area contributed by atoms with Crippen LogP contribution in [0, 0.1) is 5.41 Å². The van der Waals surface area contributed by atoms with Gasteiger partial charge in [-0.1, -0.05) is 26.8 Å². The average molecular weight is 438 g/mol. The lowest BCUT2D eigenvalue weighted by Gasteiger charge is -2.18. The van der Waals surface area contributed by atoms with E-state index in [1.807, 2.05) is 39.1 Å². The van der Waals surface area contributed by atoms with Crippen molar-refractivity contribution in [1.29, 1.82) is 0 Å². The third-order valence-corrected chi connectivity index (χ3v) is 3.56. The molecular weight excluding hydrogens is 411 g/mol. The summed E-state index contributed by atoms with van der Waals surface area (Å²) in [6.45, 7) is 10.5. The van der Waals surface area contributed by atoms with Crippen molar-refractivity contribution in [1.82, 2.24) is 16.0 Å². The van der Waals surface area contributed by atoms with Gasteiger partial charge in [0.2, 0.25) is 5.91 Å². The molecule has 0 aliphatic heterocycles. The van der Waals surface area contributed by atoms with E-state index in [-0.39, 0.29) is 35.3 Å². The molecule has 0 aromatic carbocycles. The monoisotopic (exact) mass is 438 g/mol. The predicted molar refractivity (Wildman–Crippen MR) is 105 cm³/mol. The van der Waals surface area contributed by atoms with Crippen molar-refractivity contribution < 1.29 is 4.79 Å². The summed E-state index contributed by atoms with van der Waals surface area (Å²) < 4.78 is 0.